The quantitative estimate of drug-likeness (QED) is 0.131. The fourth-order valence-corrected chi connectivity index (χ4v) is 4.25. The molecule has 0 fully saturated rings. The van der Waals surface area contributed by atoms with E-state index in [1.54, 1.807) is 12.1 Å². The molecule has 0 bridgehead atoms. The second-order valence-electron chi connectivity index (χ2n) is 11.3. The van der Waals surface area contributed by atoms with Crippen molar-refractivity contribution in [3.8, 4) is 22.3 Å². The molecule has 8 N–H and O–H groups in total. The smallest absolute Gasteiger partial charge is 0.0891 e. The molecule has 0 saturated heterocycles. The van der Waals surface area contributed by atoms with Gasteiger partial charge in [0.05, 0.1) is 45.5 Å². The Balaban J connectivity index is 0.000000278. The number of nitrogen functional groups attached to an aromatic ring is 4. The molecule has 0 aliphatic carbocycles. The van der Waals surface area contributed by atoms with Crippen LogP contribution < -0.4 is 22.9 Å². The molecule has 0 atom stereocenters. The van der Waals surface area contributed by atoms with Crippen molar-refractivity contribution in [3.63, 3.8) is 0 Å². The summed E-state index contributed by atoms with van der Waals surface area (Å²) in [6.07, 6.45) is 0. The number of hydrogen-bond donors (Lipinski definition) is 4. The van der Waals surface area contributed by atoms with E-state index in [2.05, 4.69) is 44.2 Å². The van der Waals surface area contributed by atoms with E-state index < -0.39 is 0 Å². The minimum atomic E-state index is 0.563. The molecule has 0 unspecified atom stereocenters. The van der Waals surface area contributed by atoms with Crippen LogP contribution in [0, 0.1) is 0 Å². The Hall–Kier alpha value is -5.24. The first-order valence-electron chi connectivity index (χ1n) is 14.4. The maximum absolute atomic E-state index is 5.74. The van der Waals surface area contributed by atoms with Crippen molar-refractivity contribution in [2.45, 2.75) is 55.4 Å². The van der Waals surface area contributed by atoms with Gasteiger partial charge in [0.2, 0.25) is 0 Å². The van der Waals surface area contributed by atoms with Gasteiger partial charge in [-0.05, 0) is 126 Å². The fourth-order valence-electron chi connectivity index (χ4n) is 4.25. The minimum absolute atomic E-state index is 0.563. The van der Waals surface area contributed by atoms with Gasteiger partial charge < -0.3 is 22.9 Å². The summed E-state index contributed by atoms with van der Waals surface area (Å²) in [5, 5.41) is 0. The van der Waals surface area contributed by atoms with Crippen LogP contribution in [-0.2, 0) is 0 Å². The molecule has 4 aromatic rings. The Labute approximate surface area is 261 Å². The van der Waals surface area contributed by atoms with E-state index in [1.165, 1.54) is 0 Å². The normalized spacial score (nSPS) is 10.2. The van der Waals surface area contributed by atoms with Crippen molar-refractivity contribution < 1.29 is 0 Å². The van der Waals surface area contributed by atoms with Gasteiger partial charge in [0, 0.05) is 22.8 Å². The van der Waals surface area contributed by atoms with Gasteiger partial charge >= 0.3 is 0 Å². The Morgan fingerprint density at radius 3 is 0.909 bits per heavy atom. The fraction of sp³-hybridized carbons (Fsp3) is 0.222. The first-order valence-corrected chi connectivity index (χ1v) is 14.4. The van der Waals surface area contributed by atoms with E-state index in [1.807, 2.05) is 91.8 Å². The number of anilines is 4. The number of hydrogen-bond acceptors (Lipinski definition) is 8. The highest BCUT2D eigenvalue weighted by Crippen LogP contribution is 2.38. The highest BCUT2D eigenvalue weighted by molar-refractivity contribution is 5.91. The van der Waals surface area contributed by atoms with Crippen LogP contribution >= 0.6 is 0 Å². The second kappa shape index (κ2) is 14.8. The first-order chi connectivity index (χ1) is 20.7. The average Bonchev–Trinajstić information content (AvgIpc) is 2.93. The number of benzene rings is 4. The molecular formula is C36H44N8. The molecule has 0 spiro atoms. The lowest BCUT2D eigenvalue weighted by Crippen LogP contribution is -1.96. The Morgan fingerprint density at radius 2 is 0.614 bits per heavy atom. The lowest BCUT2D eigenvalue weighted by Gasteiger charge is -2.10. The Bertz CT molecular complexity index is 1630. The molecular weight excluding hydrogens is 544 g/mol. The number of aliphatic imine (C=N–C) groups is 4. The highest BCUT2D eigenvalue weighted by Gasteiger charge is 2.09. The summed E-state index contributed by atoms with van der Waals surface area (Å²) < 4.78 is 0. The molecule has 228 valence electrons. The first kappa shape index (κ1) is 33.3. The predicted molar refractivity (Wildman–Crippen MR) is 195 cm³/mol. The van der Waals surface area contributed by atoms with Crippen molar-refractivity contribution >= 4 is 68.3 Å². The molecule has 4 aromatic carbocycles. The summed E-state index contributed by atoms with van der Waals surface area (Å²) in [6.45, 7) is 16.0. The van der Waals surface area contributed by atoms with Gasteiger partial charge in [-0.15, -0.1) is 0 Å². The summed E-state index contributed by atoms with van der Waals surface area (Å²) in [6, 6.07) is 23.4. The zero-order chi connectivity index (χ0) is 32.6. The third kappa shape index (κ3) is 9.39. The van der Waals surface area contributed by atoms with E-state index in [9.17, 15) is 0 Å². The van der Waals surface area contributed by atoms with Crippen molar-refractivity contribution in [1.82, 2.24) is 0 Å². The second-order valence-corrected chi connectivity index (χ2v) is 11.3. The summed E-state index contributed by atoms with van der Waals surface area (Å²) >= 11 is 0. The van der Waals surface area contributed by atoms with E-state index in [0.717, 1.165) is 67.9 Å². The highest BCUT2D eigenvalue weighted by atomic mass is 14.8. The molecule has 0 saturated carbocycles. The minimum Gasteiger partial charge on any atom is -0.397 e. The summed E-state index contributed by atoms with van der Waals surface area (Å²) in [5.41, 5.74) is 36.7. The van der Waals surface area contributed by atoms with E-state index in [-0.39, 0.29) is 0 Å². The van der Waals surface area contributed by atoms with Crippen molar-refractivity contribution in [2.75, 3.05) is 22.9 Å². The lowest BCUT2D eigenvalue weighted by molar-refractivity contribution is 1.39. The monoisotopic (exact) mass is 588 g/mol. The van der Waals surface area contributed by atoms with Crippen LogP contribution in [-0.4, -0.2) is 22.8 Å². The number of nitrogens with two attached hydrogens (primary N) is 4. The van der Waals surface area contributed by atoms with Crippen LogP contribution in [0.2, 0.25) is 0 Å². The van der Waals surface area contributed by atoms with Crippen LogP contribution in [0.3, 0.4) is 0 Å². The molecule has 0 radical (unpaired) electrons. The van der Waals surface area contributed by atoms with Gasteiger partial charge in [-0.3, -0.25) is 20.0 Å². The van der Waals surface area contributed by atoms with E-state index in [4.69, 9.17) is 22.9 Å². The summed E-state index contributed by atoms with van der Waals surface area (Å²) in [4.78, 5) is 18.6. The zero-order valence-electron chi connectivity index (χ0n) is 27.0. The third-order valence-corrected chi connectivity index (χ3v) is 6.17. The largest absolute Gasteiger partial charge is 0.397 e. The third-order valence-electron chi connectivity index (χ3n) is 6.17. The molecule has 44 heavy (non-hydrogen) atoms. The van der Waals surface area contributed by atoms with Crippen LogP contribution in [0.15, 0.2) is 92.8 Å². The number of nitrogens with zero attached hydrogens (tertiary/aromatic N) is 4. The van der Waals surface area contributed by atoms with Crippen LogP contribution in [0.4, 0.5) is 45.5 Å². The van der Waals surface area contributed by atoms with Crippen LogP contribution in [0.25, 0.3) is 22.3 Å². The Morgan fingerprint density at radius 1 is 0.341 bits per heavy atom. The van der Waals surface area contributed by atoms with Crippen molar-refractivity contribution in [1.29, 1.82) is 0 Å². The topological polar surface area (TPSA) is 154 Å². The predicted octanol–water partition coefficient (Wildman–Crippen LogP) is 9.49. The number of rotatable bonds is 6. The van der Waals surface area contributed by atoms with Crippen molar-refractivity contribution in [2.24, 2.45) is 20.0 Å². The molecule has 8 heteroatoms. The summed E-state index contributed by atoms with van der Waals surface area (Å²) in [5.74, 6) is 0. The summed E-state index contributed by atoms with van der Waals surface area (Å²) in [7, 11) is 0. The van der Waals surface area contributed by atoms with Gasteiger partial charge in [0.25, 0.3) is 0 Å². The molecule has 0 aliphatic heterocycles. The maximum atomic E-state index is 5.74. The van der Waals surface area contributed by atoms with Gasteiger partial charge in [0.1, 0.15) is 0 Å². The van der Waals surface area contributed by atoms with Crippen molar-refractivity contribution in [3.05, 3.63) is 72.8 Å². The Kier molecular flexibility index (Phi) is 11.2. The maximum Gasteiger partial charge on any atom is 0.0891 e. The van der Waals surface area contributed by atoms with Gasteiger partial charge in [-0.25, -0.2) is 0 Å². The standard InChI is InChI=1S/C24H30N4.C12H14N4/c1-15(2)25-21-11-9-19(13-23(21)27-17(5)6)20-10-12-22(26-16(3)4)24(14-20)28-18(7)8;13-9-3-1-7(5-11(9)15)8-2-4-10(14)12(16)6-8/h9-14H,1-8H3;1-6H,13-16H2. The molecule has 0 heterocycles. The molecule has 0 aliphatic rings. The van der Waals surface area contributed by atoms with Gasteiger partial charge in [-0.2, -0.15) is 0 Å². The van der Waals surface area contributed by atoms with Gasteiger partial charge in [-0.1, -0.05) is 24.3 Å². The average molecular weight is 589 g/mol. The molecule has 0 amide bonds. The molecule has 8 nitrogen and oxygen atoms in total. The zero-order valence-corrected chi connectivity index (χ0v) is 27.0. The van der Waals surface area contributed by atoms with E-state index in [0.29, 0.717) is 22.7 Å². The SMILES string of the molecule is CC(C)=Nc1ccc(-c2ccc(N=C(C)C)c(N=C(C)C)c2)cc1N=C(C)C.Nc1ccc(-c2ccc(N)c(N)c2)cc1N. The lowest BCUT2D eigenvalue weighted by atomic mass is 10.0. The molecule has 0 aromatic heterocycles. The van der Waals surface area contributed by atoms with E-state index >= 15 is 0 Å². The van der Waals surface area contributed by atoms with Crippen LogP contribution in [0.5, 0.6) is 0 Å². The molecule has 4 rings (SSSR count). The van der Waals surface area contributed by atoms with Crippen LogP contribution in [0.1, 0.15) is 55.4 Å². The van der Waals surface area contributed by atoms with Gasteiger partial charge in [0.15, 0.2) is 0 Å².